The fourth-order valence-corrected chi connectivity index (χ4v) is 2.80. The summed E-state index contributed by atoms with van der Waals surface area (Å²) in [7, 11) is 0. The average Bonchev–Trinajstić information content (AvgIpc) is 2.34. The zero-order valence-electron chi connectivity index (χ0n) is 10.7. The van der Waals surface area contributed by atoms with Crippen LogP contribution in [0.25, 0.3) is 0 Å². The molecule has 0 aromatic heterocycles. The maximum atomic E-state index is 11.0. The summed E-state index contributed by atoms with van der Waals surface area (Å²) in [4.78, 5) is 13.4. The van der Waals surface area contributed by atoms with E-state index in [9.17, 15) is 4.79 Å². The van der Waals surface area contributed by atoms with Gasteiger partial charge in [0.15, 0.2) is 0 Å². The summed E-state index contributed by atoms with van der Waals surface area (Å²) in [6, 6.07) is 8.71. The molecule has 0 atom stereocenters. The molecule has 1 aliphatic heterocycles. The van der Waals surface area contributed by atoms with Gasteiger partial charge >= 0.3 is 0 Å². The van der Waals surface area contributed by atoms with E-state index in [1.165, 1.54) is 10.0 Å². The first-order valence-corrected chi connectivity index (χ1v) is 7.17. The van der Waals surface area contributed by atoms with Gasteiger partial charge in [-0.25, -0.2) is 0 Å². The number of nitrogens with zero attached hydrogens (tertiary/aromatic N) is 1. The first kappa shape index (κ1) is 13.6. The molecular weight excluding hydrogens is 292 g/mol. The Morgan fingerprint density at radius 3 is 2.67 bits per heavy atom. The highest BCUT2D eigenvalue weighted by atomic mass is 79.9. The molecule has 0 unspecified atom stereocenters. The summed E-state index contributed by atoms with van der Waals surface area (Å²) < 4.78 is 1.17. The molecule has 3 nitrogen and oxygen atoms in total. The Labute approximate surface area is 117 Å². The lowest BCUT2D eigenvalue weighted by molar-refractivity contribution is -0.119. The Bertz CT molecular complexity index is 414. The molecule has 0 aliphatic carbocycles. The van der Waals surface area contributed by atoms with Gasteiger partial charge in [0.2, 0.25) is 5.91 Å². The normalized spacial score (nSPS) is 17.7. The van der Waals surface area contributed by atoms with E-state index in [0.717, 1.165) is 32.5 Å². The van der Waals surface area contributed by atoms with Crippen molar-refractivity contribution in [2.24, 2.45) is 0 Å². The van der Waals surface area contributed by atoms with Gasteiger partial charge in [-0.05, 0) is 24.5 Å². The van der Waals surface area contributed by atoms with E-state index in [1.807, 2.05) is 6.07 Å². The lowest BCUT2D eigenvalue weighted by atomic mass is 10.0. The molecule has 1 saturated heterocycles. The minimum Gasteiger partial charge on any atom is -0.354 e. The highest BCUT2D eigenvalue weighted by Gasteiger charge is 2.19. The van der Waals surface area contributed by atoms with E-state index < -0.39 is 0 Å². The first-order valence-electron chi connectivity index (χ1n) is 6.38. The van der Waals surface area contributed by atoms with Gasteiger partial charge < -0.3 is 5.32 Å². The predicted octanol–water partition coefficient (Wildman–Crippen LogP) is 2.55. The average molecular weight is 311 g/mol. The maximum absolute atomic E-state index is 11.0. The van der Waals surface area contributed by atoms with Gasteiger partial charge in [0, 0.05) is 37.1 Å². The van der Waals surface area contributed by atoms with Crippen LogP contribution in [0, 0.1) is 0 Å². The van der Waals surface area contributed by atoms with Gasteiger partial charge in [-0.3, -0.25) is 9.69 Å². The molecule has 2 rings (SSSR count). The van der Waals surface area contributed by atoms with E-state index in [-0.39, 0.29) is 5.91 Å². The number of benzene rings is 1. The number of likely N-dealkylation sites (tertiary alicyclic amines) is 1. The third-order valence-electron chi connectivity index (χ3n) is 3.35. The number of halogens is 1. The van der Waals surface area contributed by atoms with Gasteiger partial charge in [-0.15, -0.1) is 0 Å². The van der Waals surface area contributed by atoms with Crippen LogP contribution in [0.2, 0.25) is 0 Å². The highest BCUT2D eigenvalue weighted by molar-refractivity contribution is 9.10. The zero-order valence-corrected chi connectivity index (χ0v) is 12.2. The lowest BCUT2D eigenvalue weighted by Gasteiger charge is -2.32. The van der Waals surface area contributed by atoms with Crippen LogP contribution < -0.4 is 5.32 Å². The van der Waals surface area contributed by atoms with Crippen LogP contribution in [-0.4, -0.2) is 29.9 Å². The summed E-state index contributed by atoms with van der Waals surface area (Å²) >= 11 is 3.58. The molecule has 0 saturated carbocycles. The van der Waals surface area contributed by atoms with Crippen LogP contribution >= 0.6 is 15.9 Å². The van der Waals surface area contributed by atoms with E-state index >= 15 is 0 Å². The number of carbonyl (C=O) groups excluding carboxylic acids is 1. The van der Waals surface area contributed by atoms with Crippen molar-refractivity contribution in [3.8, 4) is 0 Å². The molecule has 0 spiro atoms. The quantitative estimate of drug-likeness (QED) is 0.930. The number of hydrogen-bond donors (Lipinski definition) is 1. The van der Waals surface area contributed by atoms with Crippen molar-refractivity contribution < 1.29 is 4.79 Å². The summed E-state index contributed by atoms with van der Waals surface area (Å²) in [6.45, 7) is 4.67. The standard InChI is InChI=1S/C14H19BrN2O/c1-11(18)16-13-6-8-17(9-7-13)10-12-4-2-3-5-14(12)15/h2-5,13H,6-10H2,1H3,(H,16,18). The Balaban J connectivity index is 1.84. The van der Waals surface area contributed by atoms with Crippen LogP contribution in [0.4, 0.5) is 0 Å². The third-order valence-corrected chi connectivity index (χ3v) is 4.12. The van der Waals surface area contributed by atoms with Crippen molar-refractivity contribution in [2.45, 2.75) is 32.4 Å². The molecule has 1 fully saturated rings. The molecule has 1 aromatic carbocycles. The third kappa shape index (κ3) is 3.82. The van der Waals surface area contributed by atoms with Crippen molar-refractivity contribution in [2.75, 3.05) is 13.1 Å². The second-order valence-corrected chi connectivity index (χ2v) is 5.70. The number of piperidine rings is 1. The molecule has 1 aliphatic rings. The van der Waals surface area contributed by atoms with Crippen LogP contribution in [-0.2, 0) is 11.3 Å². The van der Waals surface area contributed by atoms with E-state index in [1.54, 1.807) is 6.92 Å². The second kappa shape index (κ2) is 6.34. The Hall–Kier alpha value is -0.870. The monoisotopic (exact) mass is 310 g/mol. The van der Waals surface area contributed by atoms with Gasteiger partial charge in [-0.1, -0.05) is 34.1 Å². The van der Waals surface area contributed by atoms with Gasteiger partial charge in [0.25, 0.3) is 0 Å². The predicted molar refractivity (Wildman–Crippen MR) is 76.3 cm³/mol. The maximum Gasteiger partial charge on any atom is 0.217 e. The van der Waals surface area contributed by atoms with Crippen LogP contribution in [0.3, 0.4) is 0 Å². The molecule has 1 amide bonds. The van der Waals surface area contributed by atoms with Crippen LogP contribution in [0.5, 0.6) is 0 Å². The van der Waals surface area contributed by atoms with Crippen molar-refractivity contribution in [3.63, 3.8) is 0 Å². The van der Waals surface area contributed by atoms with Gasteiger partial charge in [-0.2, -0.15) is 0 Å². The molecule has 0 bridgehead atoms. The summed E-state index contributed by atoms with van der Waals surface area (Å²) in [5.74, 6) is 0.0826. The van der Waals surface area contributed by atoms with E-state index in [0.29, 0.717) is 6.04 Å². The fourth-order valence-electron chi connectivity index (χ4n) is 2.39. The van der Waals surface area contributed by atoms with Crippen molar-refractivity contribution in [1.82, 2.24) is 10.2 Å². The summed E-state index contributed by atoms with van der Waals surface area (Å²) in [5, 5.41) is 3.00. The summed E-state index contributed by atoms with van der Waals surface area (Å²) in [6.07, 6.45) is 2.09. The number of rotatable bonds is 3. The topological polar surface area (TPSA) is 32.3 Å². The molecule has 4 heteroatoms. The van der Waals surface area contributed by atoms with Crippen molar-refractivity contribution in [3.05, 3.63) is 34.3 Å². The van der Waals surface area contributed by atoms with Gasteiger partial charge in [0.05, 0.1) is 0 Å². The highest BCUT2D eigenvalue weighted by Crippen LogP contribution is 2.20. The zero-order chi connectivity index (χ0) is 13.0. The van der Waals surface area contributed by atoms with Crippen LogP contribution in [0.15, 0.2) is 28.7 Å². The van der Waals surface area contributed by atoms with Crippen LogP contribution in [0.1, 0.15) is 25.3 Å². The minimum atomic E-state index is 0.0826. The number of hydrogen-bond acceptors (Lipinski definition) is 2. The molecule has 1 aromatic rings. The fraction of sp³-hybridized carbons (Fsp3) is 0.500. The summed E-state index contributed by atoms with van der Waals surface area (Å²) in [5.41, 5.74) is 1.33. The molecule has 98 valence electrons. The van der Waals surface area contributed by atoms with Gasteiger partial charge in [0.1, 0.15) is 0 Å². The molecule has 1 heterocycles. The molecule has 0 radical (unpaired) electrons. The second-order valence-electron chi connectivity index (χ2n) is 4.84. The Morgan fingerprint density at radius 2 is 2.06 bits per heavy atom. The Morgan fingerprint density at radius 1 is 1.39 bits per heavy atom. The smallest absolute Gasteiger partial charge is 0.217 e. The minimum absolute atomic E-state index is 0.0826. The van der Waals surface area contributed by atoms with Crippen molar-refractivity contribution >= 4 is 21.8 Å². The first-order chi connectivity index (χ1) is 8.65. The van der Waals surface area contributed by atoms with E-state index in [2.05, 4.69) is 44.3 Å². The lowest BCUT2D eigenvalue weighted by Crippen LogP contribution is -2.43. The number of amides is 1. The number of carbonyl (C=O) groups is 1. The largest absolute Gasteiger partial charge is 0.354 e. The molecular formula is C14H19BrN2O. The Kier molecular flexibility index (Phi) is 4.78. The van der Waals surface area contributed by atoms with E-state index in [4.69, 9.17) is 0 Å². The van der Waals surface area contributed by atoms with Crippen molar-refractivity contribution in [1.29, 1.82) is 0 Å². The molecule has 1 N–H and O–H groups in total. The SMILES string of the molecule is CC(=O)NC1CCN(Cc2ccccc2Br)CC1. The number of nitrogens with one attached hydrogen (secondary N) is 1. The molecule has 18 heavy (non-hydrogen) atoms.